The van der Waals surface area contributed by atoms with E-state index in [4.69, 9.17) is 4.74 Å². The van der Waals surface area contributed by atoms with Crippen LogP contribution in [0.25, 0.3) is 0 Å². The van der Waals surface area contributed by atoms with Crippen molar-refractivity contribution in [3.05, 3.63) is 29.8 Å². The lowest BCUT2D eigenvalue weighted by Crippen LogP contribution is -2.44. The fourth-order valence-corrected chi connectivity index (χ4v) is 2.34. The van der Waals surface area contributed by atoms with Crippen LogP contribution in [0.5, 0.6) is 5.75 Å². The van der Waals surface area contributed by atoms with Crippen LogP contribution in [0.15, 0.2) is 24.3 Å². The van der Waals surface area contributed by atoms with Crippen molar-refractivity contribution in [2.75, 3.05) is 39.3 Å². The standard InChI is InChI=1S/C17H26N2O2/c1-14(2)13-21-16-5-3-15(4-6-16)17(20)7-10-19-11-8-18-9-12-19/h3-6,14,18H,7-13H2,1-2H3. The number of rotatable bonds is 7. The molecule has 116 valence electrons. The predicted molar refractivity (Wildman–Crippen MR) is 85.0 cm³/mol. The summed E-state index contributed by atoms with van der Waals surface area (Å²) in [7, 11) is 0. The summed E-state index contributed by atoms with van der Waals surface area (Å²) >= 11 is 0. The van der Waals surface area contributed by atoms with E-state index in [1.54, 1.807) is 0 Å². The molecule has 4 heteroatoms. The smallest absolute Gasteiger partial charge is 0.164 e. The molecule has 1 aliphatic heterocycles. The first kappa shape index (κ1) is 16.0. The minimum absolute atomic E-state index is 0.212. The van der Waals surface area contributed by atoms with E-state index in [0.717, 1.165) is 44.0 Å². The van der Waals surface area contributed by atoms with Crippen LogP contribution in [0.2, 0.25) is 0 Å². The molecule has 1 N–H and O–H groups in total. The summed E-state index contributed by atoms with van der Waals surface area (Å²) in [4.78, 5) is 14.5. The monoisotopic (exact) mass is 290 g/mol. The number of carbonyl (C=O) groups is 1. The summed E-state index contributed by atoms with van der Waals surface area (Å²) in [5.74, 6) is 1.55. The summed E-state index contributed by atoms with van der Waals surface area (Å²) in [5, 5.41) is 3.32. The Kier molecular flexibility index (Phi) is 6.21. The zero-order chi connectivity index (χ0) is 15.1. The van der Waals surface area contributed by atoms with Crippen molar-refractivity contribution in [2.45, 2.75) is 20.3 Å². The van der Waals surface area contributed by atoms with Gasteiger partial charge < -0.3 is 15.0 Å². The van der Waals surface area contributed by atoms with E-state index in [-0.39, 0.29) is 5.78 Å². The lowest BCUT2D eigenvalue weighted by Gasteiger charge is -2.26. The quantitative estimate of drug-likeness (QED) is 0.782. The number of hydrogen-bond donors (Lipinski definition) is 1. The van der Waals surface area contributed by atoms with E-state index in [2.05, 4.69) is 24.1 Å². The van der Waals surface area contributed by atoms with Gasteiger partial charge in [0.1, 0.15) is 5.75 Å². The summed E-state index contributed by atoms with van der Waals surface area (Å²) in [6.45, 7) is 9.92. The number of hydrogen-bond acceptors (Lipinski definition) is 4. The average Bonchev–Trinajstić information content (AvgIpc) is 2.52. The van der Waals surface area contributed by atoms with Crippen molar-refractivity contribution in [3.8, 4) is 5.75 Å². The Morgan fingerprint density at radius 1 is 1.24 bits per heavy atom. The lowest BCUT2D eigenvalue weighted by atomic mass is 10.1. The van der Waals surface area contributed by atoms with Gasteiger partial charge in [0.25, 0.3) is 0 Å². The molecule has 1 aromatic carbocycles. The normalized spacial score (nSPS) is 16.1. The molecule has 0 saturated carbocycles. The van der Waals surface area contributed by atoms with Gasteiger partial charge in [0.2, 0.25) is 0 Å². The van der Waals surface area contributed by atoms with Crippen LogP contribution in [-0.4, -0.2) is 50.0 Å². The first-order chi connectivity index (χ1) is 10.1. The first-order valence-electron chi connectivity index (χ1n) is 7.84. The van der Waals surface area contributed by atoms with Crippen LogP contribution in [0, 0.1) is 5.92 Å². The van der Waals surface area contributed by atoms with E-state index in [1.807, 2.05) is 24.3 Å². The van der Waals surface area contributed by atoms with Gasteiger partial charge in [-0.2, -0.15) is 0 Å². The second-order valence-corrected chi connectivity index (χ2v) is 5.99. The molecule has 2 rings (SSSR count). The highest BCUT2D eigenvalue weighted by molar-refractivity contribution is 5.96. The molecule has 1 aliphatic rings. The minimum Gasteiger partial charge on any atom is -0.493 e. The maximum absolute atomic E-state index is 12.2. The van der Waals surface area contributed by atoms with Crippen LogP contribution < -0.4 is 10.1 Å². The Labute approximate surface area is 127 Å². The number of Topliss-reactive ketones (excluding diaryl/α,β-unsaturated/α-hetero) is 1. The molecule has 1 heterocycles. The van der Waals surface area contributed by atoms with Gasteiger partial charge in [-0.25, -0.2) is 0 Å². The highest BCUT2D eigenvalue weighted by Crippen LogP contribution is 2.14. The number of piperazine rings is 1. The third-order valence-corrected chi connectivity index (χ3v) is 3.62. The molecule has 0 radical (unpaired) electrons. The molecule has 0 aromatic heterocycles. The summed E-state index contributed by atoms with van der Waals surface area (Å²) < 4.78 is 5.63. The largest absolute Gasteiger partial charge is 0.493 e. The molecule has 1 aromatic rings. The van der Waals surface area contributed by atoms with Gasteiger partial charge in [0.15, 0.2) is 5.78 Å². The van der Waals surface area contributed by atoms with Gasteiger partial charge in [-0.05, 0) is 30.2 Å². The van der Waals surface area contributed by atoms with Crippen LogP contribution >= 0.6 is 0 Å². The Morgan fingerprint density at radius 3 is 2.52 bits per heavy atom. The molecule has 0 atom stereocenters. The fraction of sp³-hybridized carbons (Fsp3) is 0.588. The molecule has 4 nitrogen and oxygen atoms in total. The maximum atomic E-state index is 12.2. The van der Waals surface area contributed by atoms with E-state index < -0.39 is 0 Å². The zero-order valence-corrected chi connectivity index (χ0v) is 13.1. The van der Waals surface area contributed by atoms with E-state index in [0.29, 0.717) is 18.9 Å². The van der Waals surface area contributed by atoms with Crippen LogP contribution in [0.3, 0.4) is 0 Å². The van der Waals surface area contributed by atoms with Crippen LogP contribution in [-0.2, 0) is 0 Å². The third kappa shape index (κ3) is 5.48. The topological polar surface area (TPSA) is 41.6 Å². The second-order valence-electron chi connectivity index (χ2n) is 5.99. The maximum Gasteiger partial charge on any atom is 0.164 e. The SMILES string of the molecule is CC(C)COc1ccc(C(=O)CCN2CCNCC2)cc1. The van der Waals surface area contributed by atoms with E-state index in [9.17, 15) is 4.79 Å². The Hall–Kier alpha value is -1.39. The van der Waals surface area contributed by atoms with Gasteiger partial charge >= 0.3 is 0 Å². The van der Waals surface area contributed by atoms with Crippen LogP contribution in [0.1, 0.15) is 30.6 Å². The van der Waals surface area contributed by atoms with Gasteiger partial charge in [-0.3, -0.25) is 4.79 Å². The highest BCUT2D eigenvalue weighted by atomic mass is 16.5. The molecule has 0 unspecified atom stereocenters. The number of nitrogens with zero attached hydrogens (tertiary/aromatic N) is 1. The molecule has 21 heavy (non-hydrogen) atoms. The van der Waals surface area contributed by atoms with Gasteiger partial charge in [0.05, 0.1) is 6.61 Å². The molecule has 1 saturated heterocycles. The first-order valence-corrected chi connectivity index (χ1v) is 7.84. The second kappa shape index (κ2) is 8.15. The van der Waals surface area contributed by atoms with Crippen molar-refractivity contribution >= 4 is 5.78 Å². The van der Waals surface area contributed by atoms with Crippen molar-refractivity contribution in [3.63, 3.8) is 0 Å². The number of carbonyl (C=O) groups excluding carboxylic acids is 1. The molecule has 0 aliphatic carbocycles. The van der Waals surface area contributed by atoms with Crippen molar-refractivity contribution in [2.24, 2.45) is 5.92 Å². The summed E-state index contributed by atoms with van der Waals surface area (Å²) in [6, 6.07) is 7.52. The summed E-state index contributed by atoms with van der Waals surface area (Å²) in [6.07, 6.45) is 0.589. The molecular formula is C17H26N2O2. The van der Waals surface area contributed by atoms with E-state index in [1.165, 1.54) is 0 Å². The molecule has 1 fully saturated rings. The Morgan fingerprint density at radius 2 is 1.90 bits per heavy atom. The summed E-state index contributed by atoms with van der Waals surface area (Å²) in [5.41, 5.74) is 0.780. The predicted octanol–water partition coefficient (Wildman–Crippen LogP) is 2.20. The zero-order valence-electron chi connectivity index (χ0n) is 13.1. The molecule has 0 spiro atoms. The average molecular weight is 290 g/mol. The number of nitrogens with one attached hydrogen (secondary N) is 1. The molecule has 0 bridgehead atoms. The Bertz CT molecular complexity index is 437. The number of ether oxygens (including phenoxy) is 1. The highest BCUT2D eigenvalue weighted by Gasteiger charge is 2.12. The number of benzene rings is 1. The number of ketones is 1. The van der Waals surface area contributed by atoms with Crippen molar-refractivity contribution in [1.82, 2.24) is 10.2 Å². The van der Waals surface area contributed by atoms with Gasteiger partial charge in [-0.15, -0.1) is 0 Å². The Balaban J connectivity index is 1.79. The van der Waals surface area contributed by atoms with Gasteiger partial charge in [0, 0.05) is 44.7 Å². The fourth-order valence-electron chi connectivity index (χ4n) is 2.34. The molecular weight excluding hydrogens is 264 g/mol. The lowest BCUT2D eigenvalue weighted by molar-refractivity contribution is 0.0960. The van der Waals surface area contributed by atoms with Crippen molar-refractivity contribution < 1.29 is 9.53 Å². The van der Waals surface area contributed by atoms with Gasteiger partial charge in [-0.1, -0.05) is 13.8 Å². The molecule has 0 amide bonds. The van der Waals surface area contributed by atoms with Crippen molar-refractivity contribution in [1.29, 1.82) is 0 Å². The van der Waals surface area contributed by atoms with Crippen LogP contribution in [0.4, 0.5) is 0 Å². The third-order valence-electron chi connectivity index (χ3n) is 3.62. The minimum atomic E-state index is 0.212. The van der Waals surface area contributed by atoms with E-state index >= 15 is 0 Å².